The molecule has 1 saturated carbocycles. The highest BCUT2D eigenvalue weighted by Gasteiger charge is 2.28. The summed E-state index contributed by atoms with van der Waals surface area (Å²) in [5.74, 6) is 1.11. The molecule has 4 nitrogen and oxygen atoms in total. The largest absolute Gasteiger partial charge is 0.352 e. The van der Waals surface area contributed by atoms with Crippen molar-refractivity contribution in [1.82, 2.24) is 10.2 Å². The first-order valence-corrected chi connectivity index (χ1v) is 12.4. The molecule has 0 heterocycles. The lowest BCUT2D eigenvalue weighted by atomic mass is 10.1. The molecule has 2 aromatic carbocycles. The molecule has 1 unspecified atom stereocenters. The standard InChI is InChI=1S/C26H34N2O2S/c1-19-11-13-22(14-12-19)17-31-18-25(29)28(16-23-8-6-7-20(2)15-23)21(3)26(30)27-24-9-4-5-10-24/h6-8,11-15,21,24H,4-5,9-10,16-18H2,1-3H3,(H,27,30). The molecular formula is C26H34N2O2S. The summed E-state index contributed by atoms with van der Waals surface area (Å²) in [5.41, 5.74) is 4.65. The van der Waals surface area contributed by atoms with Crippen LogP contribution in [0.2, 0.25) is 0 Å². The molecule has 166 valence electrons. The molecule has 1 atom stereocenters. The number of benzene rings is 2. The molecule has 0 radical (unpaired) electrons. The van der Waals surface area contributed by atoms with E-state index in [-0.39, 0.29) is 17.9 Å². The molecule has 2 aromatic rings. The number of nitrogens with zero attached hydrogens (tertiary/aromatic N) is 1. The van der Waals surface area contributed by atoms with Gasteiger partial charge >= 0.3 is 0 Å². The van der Waals surface area contributed by atoms with E-state index in [1.54, 1.807) is 16.7 Å². The fourth-order valence-electron chi connectivity index (χ4n) is 4.01. The van der Waals surface area contributed by atoms with Crippen molar-refractivity contribution < 1.29 is 9.59 Å². The highest BCUT2D eigenvalue weighted by molar-refractivity contribution is 7.99. The Morgan fingerprint density at radius 3 is 2.42 bits per heavy atom. The van der Waals surface area contributed by atoms with Crippen LogP contribution in [0, 0.1) is 13.8 Å². The normalized spacial score (nSPS) is 14.9. The number of carbonyl (C=O) groups excluding carboxylic acids is 2. The monoisotopic (exact) mass is 438 g/mol. The van der Waals surface area contributed by atoms with Crippen molar-refractivity contribution in [1.29, 1.82) is 0 Å². The second-order valence-corrected chi connectivity index (χ2v) is 9.64. The van der Waals surface area contributed by atoms with E-state index in [1.807, 2.05) is 32.0 Å². The molecule has 0 aromatic heterocycles. The van der Waals surface area contributed by atoms with Gasteiger partial charge in [0.25, 0.3) is 0 Å². The lowest BCUT2D eigenvalue weighted by Gasteiger charge is -2.30. The van der Waals surface area contributed by atoms with Crippen LogP contribution in [0.25, 0.3) is 0 Å². The third-order valence-electron chi connectivity index (χ3n) is 5.92. The van der Waals surface area contributed by atoms with Crippen molar-refractivity contribution in [2.24, 2.45) is 0 Å². The van der Waals surface area contributed by atoms with E-state index in [0.717, 1.165) is 29.7 Å². The SMILES string of the molecule is Cc1ccc(CSCC(=O)N(Cc2cccc(C)c2)C(C)C(=O)NC2CCCC2)cc1. The maximum atomic E-state index is 13.2. The molecule has 2 amide bonds. The quantitative estimate of drug-likeness (QED) is 0.598. The molecule has 1 aliphatic carbocycles. The van der Waals surface area contributed by atoms with Gasteiger partial charge in [-0.2, -0.15) is 0 Å². The number of carbonyl (C=O) groups is 2. The van der Waals surface area contributed by atoms with E-state index in [2.05, 4.69) is 42.6 Å². The fourth-order valence-corrected chi connectivity index (χ4v) is 4.88. The number of hydrogen-bond donors (Lipinski definition) is 1. The van der Waals surface area contributed by atoms with Crippen molar-refractivity contribution >= 4 is 23.6 Å². The summed E-state index contributed by atoms with van der Waals surface area (Å²) in [6, 6.07) is 16.3. The van der Waals surface area contributed by atoms with Crippen LogP contribution in [0.3, 0.4) is 0 Å². The minimum absolute atomic E-state index is 0.00712. The van der Waals surface area contributed by atoms with Gasteiger partial charge in [-0.05, 0) is 44.7 Å². The summed E-state index contributed by atoms with van der Waals surface area (Å²) >= 11 is 1.60. The Bertz CT molecular complexity index is 875. The van der Waals surface area contributed by atoms with Crippen LogP contribution in [-0.2, 0) is 21.9 Å². The lowest BCUT2D eigenvalue weighted by Crippen LogP contribution is -2.50. The Kier molecular flexibility index (Phi) is 8.59. The molecule has 1 aliphatic rings. The number of hydrogen-bond acceptors (Lipinski definition) is 3. The van der Waals surface area contributed by atoms with Crippen LogP contribution in [-0.4, -0.2) is 34.6 Å². The summed E-state index contributed by atoms with van der Waals surface area (Å²) in [7, 11) is 0. The van der Waals surface area contributed by atoms with Crippen LogP contribution < -0.4 is 5.32 Å². The third kappa shape index (κ3) is 7.13. The van der Waals surface area contributed by atoms with Gasteiger partial charge in [-0.3, -0.25) is 9.59 Å². The smallest absolute Gasteiger partial charge is 0.242 e. The topological polar surface area (TPSA) is 49.4 Å². The van der Waals surface area contributed by atoms with Gasteiger partial charge in [0.05, 0.1) is 5.75 Å². The first kappa shape index (κ1) is 23.4. The van der Waals surface area contributed by atoms with Gasteiger partial charge in [0.1, 0.15) is 6.04 Å². The van der Waals surface area contributed by atoms with Crippen LogP contribution in [0.1, 0.15) is 54.9 Å². The fraction of sp³-hybridized carbons (Fsp3) is 0.462. The summed E-state index contributed by atoms with van der Waals surface area (Å²) in [6.07, 6.45) is 4.41. The van der Waals surface area contributed by atoms with E-state index in [0.29, 0.717) is 12.3 Å². The molecule has 31 heavy (non-hydrogen) atoms. The average Bonchev–Trinajstić information content (AvgIpc) is 3.26. The van der Waals surface area contributed by atoms with E-state index >= 15 is 0 Å². The zero-order valence-corrected chi connectivity index (χ0v) is 19.7. The molecule has 0 saturated heterocycles. The maximum Gasteiger partial charge on any atom is 0.242 e. The van der Waals surface area contributed by atoms with Gasteiger partial charge in [0.15, 0.2) is 0 Å². The van der Waals surface area contributed by atoms with Gasteiger partial charge in [-0.1, -0.05) is 72.5 Å². The molecule has 3 rings (SSSR count). The molecule has 0 aliphatic heterocycles. The molecule has 0 spiro atoms. The van der Waals surface area contributed by atoms with Crippen LogP contribution >= 0.6 is 11.8 Å². The van der Waals surface area contributed by atoms with Crippen molar-refractivity contribution in [2.75, 3.05) is 5.75 Å². The van der Waals surface area contributed by atoms with E-state index in [1.165, 1.54) is 24.0 Å². The van der Waals surface area contributed by atoms with Crippen molar-refractivity contribution in [3.8, 4) is 0 Å². The number of rotatable bonds is 9. The Labute approximate surface area is 190 Å². The van der Waals surface area contributed by atoms with E-state index in [9.17, 15) is 9.59 Å². The first-order valence-electron chi connectivity index (χ1n) is 11.2. The predicted octanol–water partition coefficient (Wildman–Crippen LogP) is 5.01. The minimum Gasteiger partial charge on any atom is -0.352 e. The molecular weight excluding hydrogens is 404 g/mol. The van der Waals surface area contributed by atoms with Crippen molar-refractivity contribution in [3.63, 3.8) is 0 Å². The first-order chi connectivity index (χ1) is 14.9. The molecule has 1 fully saturated rings. The lowest BCUT2D eigenvalue weighted by molar-refractivity contribution is -0.138. The van der Waals surface area contributed by atoms with Gasteiger partial charge < -0.3 is 10.2 Å². The highest BCUT2D eigenvalue weighted by Crippen LogP contribution is 2.20. The highest BCUT2D eigenvalue weighted by atomic mass is 32.2. The van der Waals surface area contributed by atoms with Crippen LogP contribution in [0.4, 0.5) is 0 Å². The van der Waals surface area contributed by atoms with Crippen LogP contribution in [0.5, 0.6) is 0 Å². The van der Waals surface area contributed by atoms with Crippen molar-refractivity contribution in [2.45, 2.75) is 70.8 Å². The minimum atomic E-state index is -0.492. The van der Waals surface area contributed by atoms with E-state index < -0.39 is 6.04 Å². The van der Waals surface area contributed by atoms with Gasteiger partial charge in [-0.15, -0.1) is 11.8 Å². The summed E-state index contributed by atoms with van der Waals surface area (Å²) in [5, 5.41) is 3.16. The van der Waals surface area contributed by atoms with Gasteiger partial charge in [-0.25, -0.2) is 0 Å². The second kappa shape index (κ2) is 11.4. The van der Waals surface area contributed by atoms with Crippen molar-refractivity contribution in [3.05, 3.63) is 70.8 Å². The number of nitrogens with one attached hydrogen (secondary N) is 1. The van der Waals surface area contributed by atoms with Crippen LogP contribution in [0.15, 0.2) is 48.5 Å². The molecule has 1 N–H and O–H groups in total. The summed E-state index contributed by atoms with van der Waals surface area (Å²) in [4.78, 5) is 27.8. The van der Waals surface area contributed by atoms with Gasteiger partial charge in [0.2, 0.25) is 11.8 Å². The number of amides is 2. The Morgan fingerprint density at radius 2 is 1.74 bits per heavy atom. The zero-order chi connectivity index (χ0) is 22.2. The summed E-state index contributed by atoms with van der Waals surface area (Å²) < 4.78 is 0. The average molecular weight is 439 g/mol. The maximum absolute atomic E-state index is 13.2. The van der Waals surface area contributed by atoms with E-state index in [4.69, 9.17) is 0 Å². The Hall–Kier alpha value is -2.27. The second-order valence-electron chi connectivity index (χ2n) is 8.66. The third-order valence-corrected chi connectivity index (χ3v) is 6.91. The number of thioether (sulfide) groups is 1. The zero-order valence-electron chi connectivity index (χ0n) is 18.9. The summed E-state index contributed by atoms with van der Waals surface area (Å²) in [6.45, 7) is 6.42. The molecule has 5 heteroatoms. The predicted molar refractivity (Wildman–Crippen MR) is 129 cm³/mol. The van der Waals surface area contributed by atoms with Gasteiger partial charge in [0, 0.05) is 18.3 Å². The Morgan fingerprint density at radius 1 is 1.03 bits per heavy atom. The Balaban J connectivity index is 1.65. The molecule has 0 bridgehead atoms. The number of aryl methyl sites for hydroxylation is 2.